The van der Waals surface area contributed by atoms with Gasteiger partial charge in [-0.3, -0.25) is 9.69 Å². The Bertz CT molecular complexity index is 985. The summed E-state index contributed by atoms with van der Waals surface area (Å²) in [6.45, 7) is 3.80. The lowest BCUT2D eigenvalue weighted by molar-refractivity contribution is 0.0985. The van der Waals surface area contributed by atoms with Crippen molar-refractivity contribution in [2.24, 2.45) is 0 Å². The maximum atomic E-state index is 14.3. The molecule has 7 nitrogen and oxygen atoms in total. The Labute approximate surface area is 167 Å². The van der Waals surface area contributed by atoms with Gasteiger partial charge in [0.05, 0.1) is 11.1 Å². The molecule has 3 rings (SSSR count). The van der Waals surface area contributed by atoms with Gasteiger partial charge in [0.25, 0.3) is 0 Å². The highest BCUT2D eigenvalue weighted by atomic mass is 19.1. The second-order valence-electron chi connectivity index (χ2n) is 6.79. The summed E-state index contributed by atoms with van der Waals surface area (Å²) >= 11 is 0. The van der Waals surface area contributed by atoms with Crippen molar-refractivity contribution in [2.45, 2.75) is 38.6 Å². The van der Waals surface area contributed by atoms with Gasteiger partial charge in [0.2, 0.25) is 0 Å². The van der Waals surface area contributed by atoms with Crippen molar-refractivity contribution < 1.29 is 19.1 Å². The lowest BCUT2D eigenvalue weighted by Gasteiger charge is -2.20. The van der Waals surface area contributed by atoms with Crippen LogP contribution in [0.3, 0.4) is 0 Å². The molecule has 1 saturated carbocycles. The number of ketones is 1. The highest BCUT2D eigenvalue weighted by Gasteiger charge is 2.44. The van der Waals surface area contributed by atoms with Gasteiger partial charge in [-0.15, -0.1) is 0 Å². The van der Waals surface area contributed by atoms with Crippen LogP contribution >= 0.6 is 0 Å². The Morgan fingerprint density at radius 1 is 1.34 bits per heavy atom. The molecule has 1 aliphatic carbocycles. The number of nitrogens with one attached hydrogen (secondary N) is 1. The average Bonchev–Trinajstić information content (AvgIpc) is 3.47. The predicted molar refractivity (Wildman–Crippen MR) is 104 cm³/mol. The minimum atomic E-state index is -0.599. The highest BCUT2D eigenvalue weighted by Crippen LogP contribution is 2.47. The first-order valence-corrected chi connectivity index (χ1v) is 9.39. The SMILES string of the molecule is CCC(=O)c1ccc(F)c([C@@H]2C[C@@H]2NC(=O)N(CC)c2ccc(C#N)cn2)c1O. The van der Waals surface area contributed by atoms with E-state index < -0.39 is 17.8 Å². The number of urea groups is 1. The number of phenols is 1. The molecule has 2 amide bonds. The number of amides is 2. The van der Waals surface area contributed by atoms with Gasteiger partial charge >= 0.3 is 6.03 Å². The number of nitrogens with zero attached hydrogens (tertiary/aromatic N) is 3. The third-order valence-corrected chi connectivity index (χ3v) is 4.97. The number of pyridine rings is 1. The predicted octanol–water partition coefficient (Wildman–Crippen LogP) is 3.48. The number of aromatic hydroxyl groups is 1. The molecule has 8 heteroatoms. The summed E-state index contributed by atoms with van der Waals surface area (Å²) in [6, 6.07) is 6.82. The number of hydrogen-bond donors (Lipinski definition) is 2. The summed E-state index contributed by atoms with van der Waals surface area (Å²) in [4.78, 5) is 30.1. The summed E-state index contributed by atoms with van der Waals surface area (Å²) in [5, 5.41) is 22.1. The zero-order valence-electron chi connectivity index (χ0n) is 16.1. The molecule has 0 saturated heterocycles. The fourth-order valence-electron chi connectivity index (χ4n) is 3.28. The lowest BCUT2D eigenvalue weighted by Crippen LogP contribution is -2.41. The molecular formula is C21H21FN4O3. The van der Waals surface area contributed by atoms with Gasteiger partial charge in [0.1, 0.15) is 23.5 Å². The van der Waals surface area contributed by atoms with Crippen LogP contribution in [-0.4, -0.2) is 34.5 Å². The van der Waals surface area contributed by atoms with Gasteiger partial charge in [-0.2, -0.15) is 5.26 Å². The monoisotopic (exact) mass is 396 g/mol. The van der Waals surface area contributed by atoms with Gasteiger partial charge in [-0.1, -0.05) is 6.92 Å². The van der Waals surface area contributed by atoms with E-state index >= 15 is 0 Å². The van der Waals surface area contributed by atoms with Gasteiger partial charge in [0, 0.05) is 36.7 Å². The number of aromatic nitrogens is 1. The van der Waals surface area contributed by atoms with Crippen molar-refractivity contribution in [3.05, 3.63) is 53.0 Å². The summed E-state index contributed by atoms with van der Waals surface area (Å²) in [7, 11) is 0. The number of halogens is 1. The van der Waals surface area contributed by atoms with Crippen molar-refractivity contribution in [1.82, 2.24) is 10.3 Å². The minimum absolute atomic E-state index is 0.0640. The first-order chi connectivity index (χ1) is 13.9. The Kier molecular flexibility index (Phi) is 5.78. The Hall–Kier alpha value is -3.47. The number of hydrogen-bond acceptors (Lipinski definition) is 5. The van der Waals surface area contributed by atoms with Crippen LogP contribution in [0, 0.1) is 17.1 Å². The van der Waals surface area contributed by atoms with E-state index in [1.807, 2.05) is 6.07 Å². The standard InChI is InChI=1S/C21H21FN4O3/c1-3-17(27)13-6-7-15(22)19(20(13)28)14-9-16(14)25-21(29)26(4-2)18-8-5-12(10-23)11-24-18/h5-8,11,14,16,28H,3-4,9H2,1-2H3,(H,25,29)/t14-,16+/m1/s1. The molecule has 0 unspecified atom stereocenters. The number of nitriles is 1. The number of carbonyl (C=O) groups is 2. The Morgan fingerprint density at radius 3 is 2.69 bits per heavy atom. The first-order valence-electron chi connectivity index (χ1n) is 9.39. The fraction of sp³-hybridized carbons (Fsp3) is 0.333. The maximum absolute atomic E-state index is 14.3. The molecule has 2 N–H and O–H groups in total. The average molecular weight is 396 g/mol. The van der Waals surface area contributed by atoms with Crippen molar-refractivity contribution in [3.8, 4) is 11.8 Å². The van der Waals surface area contributed by atoms with Crippen molar-refractivity contribution >= 4 is 17.6 Å². The number of rotatable bonds is 6. The zero-order valence-corrected chi connectivity index (χ0v) is 16.1. The highest BCUT2D eigenvalue weighted by molar-refractivity contribution is 5.99. The molecule has 1 heterocycles. The third kappa shape index (κ3) is 4.04. The quantitative estimate of drug-likeness (QED) is 0.727. The number of Topliss-reactive ketones (excluding diaryl/α,β-unsaturated/α-hetero) is 1. The summed E-state index contributed by atoms with van der Waals surface area (Å²) in [5.41, 5.74) is 0.548. The van der Waals surface area contributed by atoms with Crippen molar-refractivity contribution in [1.29, 1.82) is 5.26 Å². The molecule has 0 radical (unpaired) electrons. The van der Waals surface area contributed by atoms with Crippen LogP contribution in [0.4, 0.5) is 15.0 Å². The molecule has 1 aliphatic rings. The van der Waals surface area contributed by atoms with Crippen molar-refractivity contribution in [2.75, 3.05) is 11.4 Å². The summed E-state index contributed by atoms with van der Waals surface area (Å²) in [5.74, 6) is -1.23. The van der Waals surface area contributed by atoms with Crippen LogP contribution < -0.4 is 10.2 Å². The van der Waals surface area contributed by atoms with E-state index in [1.165, 1.54) is 23.2 Å². The molecule has 0 aliphatic heterocycles. The van der Waals surface area contributed by atoms with Gasteiger partial charge < -0.3 is 10.4 Å². The lowest BCUT2D eigenvalue weighted by atomic mass is 10.00. The molecule has 2 atom stereocenters. The molecule has 150 valence electrons. The van der Waals surface area contributed by atoms with E-state index in [4.69, 9.17) is 5.26 Å². The molecule has 2 aromatic rings. The number of carbonyl (C=O) groups excluding carboxylic acids is 2. The molecule has 29 heavy (non-hydrogen) atoms. The molecule has 1 fully saturated rings. The third-order valence-electron chi connectivity index (χ3n) is 4.97. The van der Waals surface area contributed by atoms with Gasteiger partial charge in [-0.25, -0.2) is 14.2 Å². The second kappa shape index (κ2) is 8.27. The van der Waals surface area contributed by atoms with E-state index in [0.29, 0.717) is 24.3 Å². The van der Waals surface area contributed by atoms with Crippen LogP contribution in [0.25, 0.3) is 0 Å². The van der Waals surface area contributed by atoms with E-state index in [-0.39, 0.29) is 35.1 Å². The van der Waals surface area contributed by atoms with Crippen molar-refractivity contribution in [3.63, 3.8) is 0 Å². The molecule has 1 aromatic heterocycles. The molecule has 0 spiro atoms. The van der Waals surface area contributed by atoms with Crippen LogP contribution in [0.1, 0.15) is 54.1 Å². The topological polar surface area (TPSA) is 106 Å². The van der Waals surface area contributed by atoms with Gasteiger partial charge in [-0.05, 0) is 37.6 Å². The number of anilines is 1. The fourth-order valence-corrected chi connectivity index (χ4v) is 3.28. The van der Waals surface area contributed by atoms with Crippen LogP contribution in [-0.2, 0) is 0 Å². The second-order valence-corrected chi connectivity index (χ2v) is 6.79. The van der Waals surface area contributed by atoms with E-state index in [2.05, 4.69) is 10.3 Å². The largest absolute Gasteiger partial charge is 0.507 e. The minimum Gasteiger partial charge on any atom is -0.507 e. The molecule has 1 aromatic carbocycles. The molecule has 0 bridgehead atoms. The van der Waals surface area contributed by atoms with Crippen LogP contribution in [0.15, 0.2) is 30.5 Å². The smallest absolute Gasteiger partial charge is 0.323 e. The van der Waals surface area contributed by atoms with E-state index in [0.717, 1.165) is 0 Å². The number of benzene rings is 1. The van der Waals surface area contributed by atoms with Crippen LogP contribution in [0.2, 0.25) is 0 Å². The van der Waals surface area contributed by atoms with E-state index in [9.17, 15) is 19.1 Å². The first kappa shape index (κ1) is 20.3. The van der Waals surface area contributed by atoms with E-state index in [1.54, 1.807) is 26.0 Å². The van der Waals surface area contributed by atoms with Crippen LogP contribution in [0.5, 0.6) is 5.75 Å². The maximum Gasteiger partial charge on any atom is 0.323 e. The van der Waals surface area contributed by atoms with Gasteiger partial charge in [0.15, 0.2) is 5.78 Å². The Balaban J connectivity index is 1.74. The molecular weight excluding hydrogens is 375 g/mol. The zero-order chi connectivity index (χ0) is 21.1. The normalized spacial score (nSPS) is 17.3. The number of phenolic OH excluding ortho intramolecular Hbond substituents is 1. The Morgan fingerprint density at radius 2 is 2.10 bits per heavy atom. The summed E-state index contributed by atoms with van der Waals surface area (Å²) in [6.07, 6.45) is 2.04. The summed E-state index contributed by atoms with van der Waals surface area (Å²) < 4.78 is 14.3.